The molecule has 0 spiro atoms. The minimum Gasteiger partial charge on any atom is -0.294 e. The van der Waals surface area contributed by atoms with Crippen LogP contribution >= 0.6 is 51.1 Å². The van der Waals surface area contributed by atoms with E-state index >= 15 is 0 Å². The monoisotopic (exact) mass is 370 g/mol. The Kier molecular flexibility index (Phi) is 4.75. The zero-order valence-electron chi connectivity index (χ0n) is 6.76. The molecule has 0 aliphatic carbocycles. The van der Waals surface area contributed by atoms with Gasteiger partial charge in [-0.2, -0.15) is 0 Å². The number of hydrogen-bond donors (Lipinski definition) is 1. The van der Waals surface area contributed by atoms with Crippen molar-refractivity contribution in [1.29, 1.82) is 0 Å². The smallest absolute Gasteiger partial charge is 0.163 e. The van der Waals surface area contributed by atoms with Gasteiger partial charge in [0.15, 0.2) is 5.78 Å². The molecular weight excluding hydrogens is 363 g/mol. The lowest BCUT2D eigenvalue weighted by molar-refractivity contribution is 0.0989. The van der Waals surface area contributed by atoms with Crippen molar-refractivity contribution < 1.29 is 4.79 Å². The van der Waals surface area contributed by atoms with Gasteiger partial charge in [-0.25, -0.2) is 0 Å². The number of benzene rings is 1. The van der Waals surface area contributed by atoms with Crippen LogP contribution in [-0.2, 0) is 0 Å². The molecule has 0 atom stereocenters. The number of ketones is 1. The van der Waals surface area contributed by atoms with Crippen LogP contribution in [0.3, 0.4) is 0 Å². The summed E-state index contributed by atoms with van der Waals surface area (Å²) in [5.41, 5.74) is 0.747. The summed E-state index contributed by atoms with van der Waals surface area (Å²) in [6.07, 6.45) is 0.535. The van der Waals surface area contributed by atoms with Crippen molar-refractivity contribution in [3.63, 3.8) is 0 Å². The van der Waals surface area contributed by atoms with Crippen LogP contribution in [-0.4, -0.2) is 11.1 Å². The highest BCUT2D eigenvalue weighted by atomic mass is 127. The van der Waals surface area contributed by atoms with E-state index in [0.717, 1.165) is 14.0 Å². The third-order valence-corrected chi connectivity index (χ3v) is 2.80. The van der Waals surface area contributed by atoms with Crippen molar-refractivity contribution >= 4 is 56.9 Å². The molecule has 0 saturated heterocycles. The molecule has 0 aromatic heterocycles. The normalized spacial score (nSPS) is 10.1. The number of Topliss-reactive ketones (excluding diaryl/α,β-unsaturated/α-hetero) is 1. The Balaban J connectivity index is 2.94. The molecule has 1 aromatic rings. The molecule has 0 radical (unpaired) electrons. The topological polar surface area (TPSA) is 17.1 Å². The summed E-state index contributed by atoms with van der Waals surface area (Å²) < 4.78 is 1.04. The molecule has 0 fully saturated rings. The number of carbonyl (C=O) groups is 1. The predicted octanol–water partition coefficient (Wildman–Crippen LogP) is 3.55. The molecule has 4 heteroatoms. The summed E-state index contributed by atoms with van der Waals surface area (Å²) in [4.78, 5) is 12.3. The molecule has 1 aromatic carbocycles. The fraction of sp³-hybridized carbons (Fsp3) is 0.222. The van der Waals surface area contributed by atoms with Crippen LogP contribution in [0.1, 0.15) is 16.8 Å². The Morgan fingerprint density at radius 3 is 2.69 bits per heavy atom. The molecule has 0 bridgehead atoms. The molecule has 70 valence electrons. The number of hydrogen-bond acceptors (Lipinski definition) is 2. The van der Waals surface area contributed by atoms with Crippen LogP contribution in [0.15, 0.2) is 23.1 Å². The van der Waals surface area contributed by atoms with Crippen molar-refractivity contribution in [3.8, 4) is 0 Å². The summed E-state index contributed by atoms with van der Waals surface area (Å²) in [6, 6.07) is 5.61. The van der Waals surface area contributed by atoms with E-state index in [-0.39, 0.29) is 5.78 Å². The third kappa shape index (κ3) is 3.59. The first kappa shape index (κ1) is 11.5. The van der Waals surface area contributed by atoms with E-state index < -0.39 is 0 Å². The molecule has 0 amide bonds. The third-order valence-electron chi connectivity index (χ3n) is 1.53. The minimum absolute atomic E-state index is 0.158. The SMILES string of the molecule is O=C(CCBr)c1cc(S)cc(I)c1. The summed E-state index contributed by atoms with van der Waals surface area (Å²) in [7, 11) is 0. The summed E-state index contributed by atoms with van der Waals surface area (Å²) >= 11 is 9.64. The Hall–Kier alpha value is 0.450. The van der Waals surface area contributed by atoms with Gasteiger partial charge in [0.1, 0.15) is 0 Å². The summed E-state index contributed by atoms with van der Waals surface area (Å²) in [6.45, 7) is 0. The second-order valence-electron chi connectivity index (χ2n) is 2.56. The van der Waals surface area contributed by atoms with Gasteiger partial charge in [0.25, 0.3) is 0 Å². The zero-order valence-corrected chi connectivity index (χ0v) is 11.4. The van der Waals surface area contributed by atoms with Gasteiger partial charge < -0.3 is 0 Å². The molecule has 0 aliphatic heterocycles. The standard InChI is InChI=1S/C9H8BrIOS/c10-2-1-9(12)6-3-7(11)5-8(13)4-6/h3-5,13H,1-2H2. The lowest BCUT2D eigenvalue weighted by Crippen LogP contribution is -1.99. The van der Waals surface area contributed by atoms with Crippen LogP contribution in [0.4, 0.5) is 0 Å². The van der Waals surface area contributed by atoms with E-state index in [4.69, 9.17) is 0 Å². The molecule has 0 saturated carbocycles. The highest BCUT2D eigenvalue weighted by molar-refractivity contribution is 14.1. The van der Waals surface area contributed by atoms with E-state index in [1.165, 1.54) is 0 Å². The molecule has 0 heterocycles. The van der Waals surface area contributed by atoms with Crippen LogP contribution in [0.25, 0.3) is 0 Å². The van der Waals surface area contributed by atoms with Gasteiger partial charge in [-0.15, -0.1) is 12.6 Å². The highest BCUT2D eigenvalue weighted by Gasteiger charge is 2.05. The summed E-state index contributed by atoms with van der Waals surface area (Å²) in [5, 5.41) is 0.708. The Bertz CT molecular complexity index is 307. The molecular formula is C9H8BrIOS. The van der Waals surface area contributed by atoms with E-state index in [1.807, 2.05) is 12.1 Å². The predicted molar refractivity (Wildman–Crippen MR) is 69.2 cm³/mol. The number of halogens is 2. The fourth-order valence-electron chi connectivity index (χ4n) is 0.965. The van der Waals surface area contributed by atoms with E-state index in [2.05, 4.69) is 51.1 Å². The quantitative estimate of drug-likeness (QED) is 0.372. The van der Waals surface area contributed by atoms with Gasteiger partial charge in [0.05, 0.1) is 0 Å². The Morgan fingerprint density at radius 1 is 1.46 bits per heavy atom. The molecule has 1 rings (SSSR count). The Labute approximate surface area is 105 Å². The lowest BCUT2D eigenvalue weighted by Gasteiger charge is -2.01. The van der Waals surface area contributed by atoms with Crippen molar-refractivity contribution in [3.05, 3.63) is 27.3 Å². The van der Waals surface area contributed by atoms with Gasteiger partial charge in [0.2, 0.25) is 0 Å². The second-order valence-corrected chi connectivity index (χ2v) is 5.12. The zero-order chi connectivity index (χ0) is 9.84. The van der Waals surface area contributed by atoms with Crippen molar-refractivity contribution in [2.45, 2.75) is 11.3 Å². The maximum atomic E-state index is 11.5. The summed E-state index contributed by atoms with van der Waals surface area (Å²) in [5.74, 6) is 0.158. The molecule has 13 heavy (non-hydrogen) atoms. The van der Waals surface area contributed by atoms with Crippen LogP contribution in [0.5, 0.6) is 0 Å². The van der Waals surface area contributed by atoms with Crippen molar-refractivity contribution in [2.75, 3.05) is 5.33 Å². The molecule has 0 aliphatic rings. The van der Waals surface area contributed by atoms with Crippen molar-refractivity contribution in [1.82, 2.24) is 0 Å². The van der Waals surface area contributed by atoms with Crippen LogP contribution in [0, 0.1) is 3.57 Å². The van der Waals surface area contributed by atoms with Gasteiger partial charge in [0, 0.05) is 25.8 Å². The van der Waals surface area contributed by atoms with E-state index in [9.17, 15) is 4.79 Å². The highest BCUT2D eigenvalue weighted by Crippen LogP contribution is 2.16. The first-order valence-corrected chi connectivity index (χ1v) is 6.37. The number of carbonyl (C=O) groups excluding carboxylic acids is 1. The lowest BCUT2D eigenvalue weighted by atomic mass is 10.1. The maximum Gasteiger partial charge on any atom is 0.163 e. The second kappa shape index (κ2) is 5.36. The van der Waals surface area contributed by atoms with Crippen LogP contribution in [0.2, 0.25) is 0 Å². The molecule has 1 nitrogen and oxygen atoms in total. The van der Waals surface area contributed by atoms with Gasteiger partial charge in [-0.05, 0) is 40.8 Å². The van der Waals surface area contributed by atoms with Gasteiger partial charge in [-0.3, -0.25) is 4.79 Å². The Morgan fingerprint density at radius 2 is 2.15 bits per heavy atom. The average molecular weight is 371 g/mol. The first-order chi connectivity index (χ1) is 6.13. The fourth-order valence-corrected chi connectivity index (χ4v) is 2.52. The average Bonchev–Trinajstić information content (AvgIpc) is 2.03. The van der Waals surface area contributed by atoms with E-state index in [1.54, 1.807) is 6.07 Å². The van der Waals surface area contributed by atoms with Gasteiger partial charge in [-0.1, -0.05) is 15.9 Å². The maximum absolute atomic E-state index is 11.5. The minimum atomic E-state index is 0.158. The van der Waals surface area contributed by atoms with E-state index in [0.29, 0.717) is 11.8 Å². The van der Waals surface area contributed by atoms with Crippen LogP contribution < -0.4 is 0 Å². The number of rotatable bonds is 3. The van der Waals surface area contributed by atoms with Crippen molar-refractivity contribution in [2.24, 2.45) is 0 Å². The number of alkyl halides is 1. The first-order valence-electron chi connectivity index (χ1n) is 3.72. The van der Waals surface area contributed by atoms with Gasteiger partial charge >= 0.3 is 0 Å². The molecule has 0 N–H and O–H groups in total. The largest absolute Gasteiger partial charge is 0.294 e. The number of thiol groups is 1. The molecule has 0 unspecified atom stereocenters.